The lowest BCUT2D eigenvalue weighted by Crippen LogP contribution is -1.94. The topological polar surface area (TPSA) is 27.1 Å². The Bertz CT molecular complexity index is 448. The van der Waals surface area contributed by atoms with E-state index in [0.29, 0.717) is 0 Å². The normalized spacial score (nSPS) is 10.8. The van der Waals surface area contributed by atoms with E-state index in [2.05, 4.69) is 22.5 Å². The molecule has 0 aliphatic rings. The summed E-state index contributed by atoms with van der Waals surface area (Å²) in [6.45, 7) is 3.24. The van der Waals surface area contributed by atoms with E-state index >= 15 is 0 Å². The third-order valence-electron chi connectivity index (χ3n) is 2.58. The van der Waals surface area contributed by atoms with Crippen LogP contribution in [0.5, 0.6) is 5.75 Å². The Morgan fingerprint density at radius 3 is 3.00 bits per heavy atom. The number of methoxy groups -OCH3 is 1. The molecule has 0 saturated carbocycles. The fourth-order valence-electron chi connectivity index (χ4n) is 1.68. The second-order valence-corrected chi connectivity index (χ2v) is 3.65. The van der Waals surface area contributed by atoms with Crippen molar-refractivity contribution in [2.75, 3.05) is 7.11 Å². The molecule has 0 saturated heterocycles. The van der Waals surface area contributed by atoms with Crippen molar-refractivity contribution >= 4 is 11.0 Å². The molecule has 1 heterocycles. The van der Waals surface area contributed by atoms with Crippen molar-refractivity contribution in [2.24, 2.45) is 0 Å². The van der Waals surface area contributed by atoms with Crippen molar-refractivity contribution in [3.8, 4) is 5.75 Å². The first-order chi connectivity index (χ1) is 7.35. The van der Waals surface area contributed by atoms with Gasteiger partial charge in [0.25, 0.3) is 0 Å². The minimum absolute atomic E-state index is 0.864. The highest BCUT2D eigenvalue weighted by Gasteiger charge is 2.02. The summed E-state index contributed by atoms with van der Waals surface area (Å²) >= 11 is 0. The Morgan fingerprint density at radius 1 is 1.40 bits per heavy atom. The Balaban J connectivity index is 2.34. The number of fused-ring (bicyclic) bond motifs is 1. The van der Waals surface area contributed by atoms with E-state index in [4.69, 9.17) is 4.74 Å². The largest absolute Gasteiger partial charge is 0.497 e. The molecule has 0 aliphatic carbocycles. The van der Waals surface area contributed by atoms with Crippen molar-refractivity contribution in [3.05, 3.63) is 24.5 Å². The summed E-state index contributed by atoms with van der Waals surface area (Å²) in [5.74, 6) is 0.864. The van der Waals surface area contributed by atoms with E-state index in [0.717, 1.165) is 17.8 Å². The second kappa shape index (κ2) is 4.34. The first-order valence-electron chi connectivity index (χ1n) is 5.34. The molecule has 0 N–H and O–H groups in total. The molecule has 3 heteroatoms. The van der Waals surface area contributed by atoms with Gasteiger partial charge >= 0.3 is 0 Å². The Hall–Kier alpha value is -1.51. The van der Waals surface area contributed by atoms with Crippen LogP contribution < -0.4 is 4.74 Å². The minimum Gasteiger partial charge on any atom is -0.497 e. The van der Waals surface area contributed by atoms with Gasteiger partial charge in [-0.1, -0.05) is 13.3 Å². The molecule has 0 bridgehead atoms. The highest BCUT2D eigenvalue weighted by atomic mass is 16.5. The fraction of sp³-hybridized carbons (Fsp3) is 0.417. The van der Waals surface area contributed by atoms with Crippen LogP contribution in [-0.2, 0) is 6.54 Å². The van der Waals surface area contributed by atoms with E-state index in [1.54, 1.807) is 7.11 Å². The number of hydrogen-bond acceptors (Lipinski definition) is 2. The number of rotatable bonds is 4. The zero-order valence-electron chi connectivity index (χ0n) is 9.23. The first-order valence-corrected chi connectivity index (χ1v) is 5.34. The molecule has 1 aromatic carbocycles. The smallest absolute Gasteiger partial charge is 0.121 e. The predicted molar refractivity (Wildman–Crippen MR) is 61.2 cm³/mol. The van der Waals surface area contributed by atoms with Crippen LogP contribution in [-0.4, -0.2) is 16.7 Å². The lowest BCUT2D eigenvalue weighted by Gasteiger charge is -2.03. The number of ether oxygens (including phenoxy) is 1. The zero-order chi connectivity index (χ0) is 10.7. The Labute approximate surface area is 89.7 Å². The number of hydrogen-bond donors (Lipinski definition) is 0. The summed E-state index contributed by atoms with van der Waals surface area (Å²) in [5, 5.41) is 0. The van der Waals surface area contributed by atoms with Crippen molar-refractivity contribution in [3.63, 3.8) is 0 Å². The second-order valence-electron chi connectivity index (χ2n) is 3.65. The SMILES string of the molecule is CCCCn1cnc2cc(OC)ccc21. The van der Waals surface area contributed by atoms with E-state index in [-0.39, 0.29) is 0 Å². The molecule has 0 aliphatic heterocycles. The highest BCUT2D eigenvalue weighted by Crippen LogP contribution is 2.19. The van der Waals surface area contributed by atoms with Gasteiger partial charge in [-0.2, -0.15) is 0 Å². The van der Waals surface area contributed by atoms with Crippen LogP contribution in [0.15, 0.2) is 24.5 Å². The summed E-state index contributed by atoms with van der Waals surface area (Å²) in [6, 6.07) is 6.01. The van der Waals surface area contributed by atoms with Gasteiger partial charge in [0.05, 0.1) is 24.5 Å². The monoisotopic (exact) mass is 204 g/mol. The highest BCUT2D eigenvalue weighted by molar-refractivity contribution is 5.76. The van der Waals surface area contributed by atoms with Crippen LogP contribution in [0.3, 0.4) is 0 Å². The average Bonchev–Trinajstić information content (AvgIpc) is 2.68. The lowest BCUT2D eigenvalue weighted by atomic mass is 10.3. The van der Waals surface area contributed by atoms with Gasteiger partial charge in [-0.25, -0.2) is 4.98 Å². The van der Waals surface area contributed by atoms with Crippen LogP contribution in [0, 0.1) is 0 Å². The number of unbranched alkanes of at least 4 members (excludes halogenated alkanes) is 1. The summed E-state index contributed by atoms with van der Waals surface area (Å²) in [4.78, 5) is 4.36. The van der Waals surface area contributed by atoms with Crippen molar-refractivity contribution in [1.29, 1.82) is 0 Å². The Kier molecular flexibility index (Phi) is 2.90. The molecule has 0 unspecified atom stereocenters. The molecule has 1 aromatic heterocycles. The molecule has 15 heavy (non-hydrogen) atoms. The predicted octanol–water partition coefficient (Wildman–Crippen LogP) is 2.85. The molecule has 0 amide bonds. The maximum Gasteiger partial charge on any atom is 0.121 e. The van der Waals surface area contributed by atoms with E-state index in [1.807, 2.05) is 18.5 Å². The van der Waals surface area contributed by atoms with Crippen LogP contribution in [0.1, 0.15) is 19.8 Å². The van der Waals surface area contributed by atoms with Gasteiger partial charge in [-0.3, -0.25) is 0 Å². The summed E-state index contributed by atoms with van der Waals surface area (Å²) in [7, 11) is 1.68. The third kappa shape index (κ3) is 1.96. The van der Waals surface area contributed by atoms with Crippen LogP contribution >= 0.6 is 0 Å². The number of aromatic nitrogens is 2. The number of aryl methyl sites for hydroxylation is 1. The van der Waals surface area contributed by atoms with E-state index < -0.39 is 0 Å². The Morgan fingerprint density at radius 2 is 2.27 bits per heavy atom. The molecule has 0 radical (unpaired) electrons. The maximum atomic E-state index is 5.16. The quantitative estimate of drug-likeness (QED) is 0.765. The van der Waals surface area contributed by atoms with E-state index in [9.17, 15) is 0 Å². The molecule has 80 valence electrons. The minimum atomic E-state index is 0.864. The van der Waals surface area contributed by atoms with Crippen LogP contribution in [0.4, 0.5) is 0 Å². The number of nitrogens with zero attached hydrogens (tertiary/aromatic N) is 2. The van der Waals surface area contributed by atoms with Gasteiger partial charge in [-0.05, 0) is 18.6 Å². The van der Waals surface area contributed by atoms with Gasteiger partial charge < -0.3 is 9.30 Å². The van der Waals surface area contributed by atoms with Crippen molar-refractivity contribution in [2.45, 2.75) is 26.3 Å². The summed E-state index contributed by atoms with van der Waals surface area (Å²) < 4.78 is 7.36. The molecule has 2 rings (SSSR count). The van der Waals surface area contributed by atoms with Crippen LogP contribution in [0.25, 0.3) is 11.0 Å². The standard InChI is InChI=1S/C12H16N2O/c1-3-4-7-14-9-13-11-8-10(15-2)5-6-12(11)14/h5-6,8-9H,3-4,7H2,1-2H3. The maximum absolute atomic E-state index is 5.16. The zero-order valence-corrected chi connectivity index (χ0v) is 9.23. The molecular formula is C12H16N2O. The van der Waals surface area contributed by atoms with E-state index in [1.165, 1.54) is 18.4 Å². The average molecular weight is 204 g/mol. The molecule has 0 fully saturated rings. The van der Waals surface area contributed by atoms with Gasteiger partial charge in [-0.15, -0.1) is 0 Å². The van der Waals surface area contributed by atoms with Gasteiger partial charge in [0.1, 0.15) is 5.75 Å². The van der Waals surface area contributed by atoms with Crippen molar-refractivity contribution in [1.82, 2.24) is 9.55 Å². The lowest BCUT2D eigenvalue weighted by molar-refractivity contribution is 0.415. The van der Waals surface area contributed by atoms with Gasteiger partial charge in [0.2, 0.25) is 0 Å². The first kappa shape index (κ1) is 10.0. The molecule has 3 nitrogen and oxygen atoms in total. The molecule has 0 spiro atoms. The molecular weight excluding hydrogens is 188 g/mol. The van der Waals surface area contributed by atoms with Crippen molar-refractivity contribution < 1.29 is 4.74 Å². The number of imidazole rings is 1. The third-order valence-corrected chi connectivity index (χ3v) is 2.58. The summed E-state index contributed by atoms with van der Waals surface area (Å²) in [6.07, 6.45) is 4.30. The molecule has 2 aromatic rings. The fourth-order valence-corrected chi connectivity index (χ4v) is 1.68. The van der Waals surface area contributed by atoms with Crippen LogP contribution in [0.2, 0.25) is 0 Å². The van der Waals surface area contributed by atoms with Gasteiger partial charge in [0.15, 0.2) is 0 Å². The number of benzene rings is 1. The molecule has 0 atom stereocenters. The van der Waals surface area contributed by atoms with Gasteiger partial charge in [0, 0.05) is 12.6 Å². The summed E-state index contributed by atoms with van der Waals surface area (Å²) in [5.41, 5.74) is 2.19.